The number of aliphatic hydroxyl groups excluding tert-OH is 1. The van der Waals surface area contributed by atoms with E-state index in [1.165, 1.54) is 36.7 Å². The average Bonchev–Trinajstić information content (AvgIpc) is 2.40. The Kier molecular flexibility index (Phi) is 4.24. The summed E-state index contributed by atoms with van der Waals surface area (Å²) < 4.78 is 37.7. The zero-order chi connectivity index (χ0) is 14.8. The van der Waals surface area contributed by atoms with Gasteiger partial charge in [0, 0.05) is 18.1 Å². The lowest BCUT2D eigenvalue weighted by molar-refractivity contribution is -0.206. The Balaban J connectivity index is 2.10. The number of anilines is 2. The number of hydrogen-bond donors (Lipinski definition) is 2. The second-order valence-electron chi connectivity index (χ2n) is 3.92. The van der Waals surface area contributed by atoms with Crippen molar-refractivity contribution in [3.8, 4) is 0 Å². The molecule has 0 bridgehead atoms. The largest absolute Gasteiger partial charge is 0.418 e. The van der Waals surface area contributed by atoms with Gasteiger partial charge in [0.25, 0.3) is 0 Å². The smallest absolute Gasteiger partial charge is 0.379 e. The van der Waals surface area contributed by atoms with Crippen LogP contribution in [0.4, 0.5) is 24.8 Å². The first kappa shape index (κ1) is 14.7. The van der Waals surface area contributed by atoms with Crippen LogP contribution < -0.4 is 5.32 Å². The molecule has 0 radical (unpaired) electrons. The normalized spacial score (nSPS) is 13.1. The molecular formula is C12H9BrF3N3O. The number of halogens is 4. The zero-order valence-corrected chi connectivity index (χ0v) is 11.5. The Morgan fingerprint density at radius 3 is 2.15 bits per heavy atom. The van der Waals surface area contributed by atoms with Crippen LogP contribution in [-0.4, -0.2) is 21.3 Å². The van der Waals surface area contributed by atoms with Crippen LogP contribution in [0.15, 0.2) is 41.1 Å². The molecule has 1 aromatic carbocycles. The highest BCUT2D eigenvalue weighted by molar-refractivity contribution is 9.10. The van der Waals surface area contributed by atoms with Gasteiger partial charge in [-0.2, -0.15) is 13.2 Å². The van der Waals surface area contributed by atoms with E-state index in [0.717, 1.165) is 0 Å². The summed E-state index contributed by atoms with van der Waals surface area (Å²) in [6.07, 6.45) is -4.08. The molecule has 0 amide bonds. The molecule has 2 N–H and O–H groups in total. The van der Waals surface area contributed by atoms with Crippen LogP contribution in [0.5, 0.6) is 0 Å². The van der Waals surface area contributed by atoms with Crippen molar-refractivity contribution < 1.29 is 18.3 Å². The Labute approximate surface area is 120 Å². The highest BCUT2D eigenvalue weighted by Crippen LogP contribution is 2.32. The van der Waals surface area contributed by atoms with Crippen molar-refractivity contribution in [1.82, 2.24) is 9.97 Å². The van der Waals surface area contributed by atoms with Gasteiger partial charge in [-0.15, -0.1) is 0 Å². The first-order chi connectivity index (χ1) is 9.36. The van der Waals surface area contributed by atoms with Crippen LogP contribution in [0, 0.1) is 0 Å². The zero-order valence-electron chi connectivity index (χ0n) is 9.89. The Morgan fingerprint density at radius 2 is 1.65 bits per heavy atom. The van der Waals surface area contributed by atoms with Crippen LogP contribution in [0.3, 0.4) is 0 Å². The molecular weight excluding hydrogens is 339 g/mol. The van der Waals surface area contributed by atoms with E-state index in [1.54, 1.807) is 0 Å². The minimum Gasteiger partial charge on any atom is -0.379 e. The second-order valence-corrected chi connectivity index (χ2v) is 4.83. The van der Waals surface area contributed by atoms with Gasteiger partial charge in [0.2, 0.25) is 5.95 Å². The van der Waals surface area contributed by atoms with E-state index >= 15 is 0 Å². The minimum absolute atomic E-state index is 0.222. The quantitative estimate of drug-likeness (QED) is 0.890. The molecule has 8 heteroatoms. The summed E-state index contributed by atoms with van der Waals surface area (Å²) in [6, 6.07) is 5.21. The van der Waals surface area contributed by atoms with Crippen LogP contribution in [-0.2, 0) is 0 Å². The fourth-order valence-electron chi connectivity index (χ4n) is 1.44. The Morgan fingerprint density at radius 1 is 1.10 bits per heavy atom. The van der Waals surface area contributed by atoms with E-state index in [-0.39, 0.29) is 5.56 Å². The molecule has 1 heterocycles. The molecule has 1 atom stereocenters. The van der Waals surface area contributed by atoms with Gasteiger partial charge in [-0.25, -0.2) is 9.97 Å². The molecule has 0 aliphatic heterocycles. The molecule has 0 saturated heterocycles. The van der Waals surface area contributed by atoms with Crippen molar-refractivity contribution in [2.45, 2.75) is 12.3 Å². The third kappa shape index (κ3) is 3.67. The van der Waals surface area contributed by atoms with Crippen molar-refractivity contribution in [3.05, 3.63) is 46.7 Å². The molecule has 0 fully saturated rings. The van der Waals surface area contributed by atoms with Crippen LogP contribution in [0.25, 0.3) is 0 Å². The van der Waals surface area contributed by atoms with Gasteiger partial charge < -0.3 is 10.4 Å². The predicted molar refractivity (Wildman–Crippen MR) is 70.5 cm³/mol. The lowest BCUT2D eigenvalue weighted by Crippen LogP contribution is -2.20. The number of aliphatic hydroxyl groups is 1. The van der Waals surface area contributed by atoms with E-state index in [0.29, 0.717) is 16.1 Å². The lowest BCUT2D eigenvalue weighted by Gasteiger charge is -2.15. The number of rotatable bonds is 3. The van der Waals surface area contributed by atoms with Crippen LogP contribution >= 0.6 is 15.9 Å². The molecule has 1 aromatic heterocycles. The molecule has 106 valence electrons. The minimum atomic E-state index is -4.68. The summed E-state index contributed by atoms with van der Waals surface area (Å²) in [4.78, 5) is 7.94. The number of nitrogens with zero attached hydrogens (tertiary/aromatic N) is 2. The maximum atomic E-state index is 12.3. The maximum Gasteiger partial charge on any atom is 0.418 e. The number of benzene rings is 1. The number of hydrogen-bond acceptors (Lipinski definition) is 4. The Hall–Kier alpha value is -1.67. The van der Waals surface area contributed by atoms with Crippen molar-refractivity contribution in [3.63, 3.8) is 0 Å². The number of aromatic nitrogens is 2. The Bertz CT molecular complexity index is 572. The summed E-state index contributed by atoms with van der Waals surface area (Å²) in [6.45, 7) is 0. The highest BCUT2D eigenvalue weighted by Gasteiger charge is 2.39. The van der Waals surface area contributed by atoms with Crippen molar-refractivity contribution in [1.29, 1.82) is 0 Å². The SMILES string of the molecule is OC(c1ccc(Nc2ncc(Br)cn2)cc1)C(F)(F)F. The molecule has 0 spiro atoms. The first-order valence-electron chi connectivity index (χ1n) is 5.45. The van der Waals surface area contributed by atoms with E-state index < -0.39 is 12.3 Å². The number of alkyl halides is 3. The average molecular weight is 348 g/mol. The maximum absolute atomic E-state index is 12.3. The second kappa shape index (κ2) is 5.76. The first-order valence-corrected chi connectivity index (χ1v) is 6.25. The van der Waals surface area contributed by atoms with Gasteiger partial charge >= 0.3 is 6.18 Å². The third-order valence-electron chi connectivity index (χ3n) is 2.41. The third-order valence-corrected chi connectivity index (χ3v) is 2.82. The monoisotopic (exact) mass is 347 g/mol. The highest BCUT2D eigenvalue weighted by atomic mass is 79.9. The van der Waals surface area contributed by atoms with Gasteiger partial charge in [0.15, 0.2) is 6.10 Å². The van der Waals surface area contributed by atoms with Crippen molar-refractivity contribution >= 4 is 27.6 Å². The summed E-state index contributed by atoms with van der Waals surface area (Å²) in [7, 11) is 0. The molecule has 2 rings (SSSR count). The molecule has 0 saturated carbocycles. The molecule has 4 nitrogen and oxygen atoms in total. The van der Waals surface area contributed by atoms with Crippen molar-refractivity contribution in [2.24, 2.45) is 0 Å². The van der Waals surface area contributed by atoms with E-state index in [4.69, 9.17) is 5.11 Å². The standard InChI is InChI=1S/C12H9BrF3N3O/c13-8-5-17-11(18-6-8)19-9-3-1-7(2-4-9)10(20)12(14,15)16/h1-6,10,20H,(H,17,18,19). The van der Waals surface area contributed by atoms with E-state index in [2.05, 4.69) is 31.2 Å². The molecule has 1 unspecified atom stereocenters. The van der Waals surface area contributed by atoms with Gasteiger partial charge in [-0.05, 0) is 33.6 Å². The number of nitrogens with one attached hydrogen (secondary N) is 1. The van der Waals surface area contributed by atoms with Gasteiger partial charge in [-0.3, -0.25) is 0 Å². The summed E-state index contributed by atoms with van der Waals surface area (Å²) in [5, 5.41) is 11.9. The molecule has 2 aromatic rings. The fraction of sp³-hybridized carbons (Fsp3) is 0.167. The fourth-order valence-corrected chi connectivity index (χ4v) is 1.65. The lowest BCUT2D eigenvalue weighted by atomic mass is 10.1. The van der Waals surface area contributed by atoms with Crippen LogP contribution in [0.2, 0.25) is 0 Å². The summed E-state index contributed by atoms with van der Waals surface area (Å²) in [5.41, 5.74) is 0.297. The molecule has 0 aliphatic rings. The summed E-state index contributed by atoms with van der Waals surface area (Å²) >= 11 is 3.19. The van der Waals surface area contributed by atoms with Crippen LogP contribution in [0.1, 0.15) is 11.7 Å². The van der Waals surface area contributed by atoms with E-state index in [1.807, 2.05) is 0 Å². The van der Waals surface area contributed by atoms with Gasteiger partial charge in [0.1, 0.15) is 0 Å². The molecule has 20 heavy (non-hydrogen) atoms. The van der Waals surface area contributed by atoms with Gasteiger partial charge in [-0.1, -0.05) is 12.1 Å². The molecule has 0 aliphatic carbocycles. The van der Waals surface area contributed by atoms with E-state index in [9.17, 15) is 13.2 Å². The van der Waals surface area contributed by atoms with Gasteiger partial charge in [0.05, 0.1) is 4.47 Å². The topological polar surface area (TPSA) is 58.0 Å². The van der Waals surface area contributed by atoms with Crippen molar-refractivity contribution in [2.75, 3.05) is 5.32 Å². The predicted octanol–water partition coefficient (Wildman–Crippen LogP) is 3.58. The summed E-state index contributed by atoms with van der Waals surface area (Å²) in [5.74, 6) is 0.317.